The number of aromatic nitrogens is 3. The van der Waals surface area contributed by atoms with Gasteiger partial charge in [0.25, 0.3) is 0 Å². The van der Waals surface area contributed by atoms with Gasteiger partial charge in [-0.3, -0.25) is 0 Å². The van der Waals surface area contributed by atoms with Crippen LogP contribution in [0, 0.1) is 6.92 Å². The first kappa shape index (κ1) is 6.15. The number of hydrogen-bond acceptors (Lipinski definition) is 2. The van der Waals surface area contributed by atoms with Crippen molar-refractivity contribution in [1.29, 1.82) is 0 Å². The number of fused-ring (bicyclic) bond motifs is 1. The lowest BCUT2D eigenvalue weighted by Crippen LogP contribution is -2.15. The van der Waals surface area contributed by atoms with Crippen LogP contribution < -0.4 is 5.69 Å². The molecule has 0 fully saturated rings. The number of aryl methyl sites for hydroxylation is 1. The zero-order chi connectivity index (χ0) is 7.84. The number of H-pyrrole nitrogens is 1. The molecule has 11 heavy (non-hydrogen) atoms. The number of nitrogens with one attached hydrogen (secondary N) is 1. The second-order valence-corrected chi connectivity index (χ2v) is 2.41. The van der Waals surface area contributed by atoms with Crippen molar-refractivity contribution in [3.63, 3.8) is 0 Å². The lowest BCUT2D eigenvalue weighted by Gasteiger charge is -1.86. The fourth-order valence-electron chi connectivity index (χ4n) is 1.06. The van der Waals surface area contributed by atoms with Crippen LogP contribution in [0.5, 0.6) is 0 Å². The van der Waals surface area contributed by atoms with E-state index >= 15 is 0 Å². The van der Waals surface area contributed by atoms with Crippen LogP contribution >= 0.6 is 0 Å². The lowest BCUT2D eigenvalue weighted by molar-refractivity contribution is 0.852. The van der Waals surface area contributed by atoms with Gasteiger partial charge in [0.15, 0.2) is 0 Å². The van der Waals surface area contributed by atoms with E-state index < -0.39 is 0 Å². The number of rotatable bonds is 0. The largest absolute Gasteiger partial charge is 0.346 e. The molecule has 0 bridgehead atoms. The highest BCUT2D eigenvalue weighted by molar-refractivity contribution is 5.45. The Kier molecular flexibility index (Phi) is 1.09. The van der Waals surface area contributed by atoms with Crippen LogP contribution in [0.4, 0.5) is 0 Å². The molecule has 4 nitrogen and oxygen atoms in total. The number of hydrogen-bond donors (Lipinski definition) is 1. The first-order chi connectivity index (χ1) is 5.27. The highest BCUT2D eigenvalue weighted by Gasteiger charge is 1.97. The highest BCUT2D eigenvalue weighted by Crippen LogP contribution is 1.99. The van der Waals surface area contributed by atoms with Crippen molar-refractivity contribution < 1.29 is 0 Å². The topological polar surface area (TPSA) is 50.2 Å². The lowest BCUT2D eigenvalue weighted by atomic mass is 10.4. The minimum absolute atomic E-state index is 0.199. The van der Waals surface area contributed by atoms with Gasteiger partial charge in [-0.25, -0.2) is 4.79 Å². The molecular weight excluding hydrogens is 142 g/mol. The standard InChI is InChI=1S/C7H7N3O/c1-5-4-6-2-3-8-7(11)10(6)9-5/h2-4H,1H3,(H,8,11). The van der Waals surface area contributed by atoms with Crippen LogP contribution in [0.1, 0.15) is 5.69 Å². The fourth-order valence-corrected chi connectivity index (χ4v) is 1.06. The van der Waals surface area contributed by atoms with Gasteiger partial charge in [-0.2, -0.15) is 9.61 Å². The van der Waals surface area contributed by atoms with E-state index in [1.54, 1.807) is 12.3 Å². The van der Waals surface area contributed by atoms with Crippen LogP contribution in [-0.4, -0.2) is 14.6 Å². The molecule has 0 saturated heterocycles. The Morgan fingerprint density at radius 2 is 2.45 bits per heavy atom. The van der Waals surface area contributed by atoms with Crippen LogP contribution in [-0.2, 0) is 0 Å². The van der Waals surface area contributed by atoms with Crippen LogP contribution in [0.3, 0.4) is 0 Å². The maximum atomic E-state index is 11.0. The maximum absolute atomic E-state index is 11.0. The van der Waals surface area contributed by atoms with E-state index in [1.165, 1.54) is 4.52 Å². The number of nitrogens with zero attached hydrogens (tertiary/aromatic N) is 2. The Labute approximate surface area is 62.5 Å². The molecule has 0 unspecified atom stereocenters. The molecular formula is C7H7N3O. The summed E-state index contributed by atoms with van der Waals surface area (Å²) in [7, 11) is 0. The van der Waals surface area contributed by atoms with Gasteiger partial charge < -0.3 is 4.98 Å². The molecule has 1 N–H and O–H groups in total. The molecule has 2 aromatic heterocycles. The summed E-state index contributed by atoms with van der Waals surface area (Å²) in [6.07, 6.45) is 1.61. The molecule has 0 radical (unpaired) electrons. The third-order valence-corrected chi connectivity index (χ3v) is 1.51. The van der Waals surface area contributed by atoms with Gasteiger partial charge in [0.2, 0.25) is 0 Å². The molecule has 0 aromatic carbocycles. The average molecular weight is 149 g/mol. The Balaban J connectivity index is 3.02. The van der Waals surface area contributed by atoms with Gasteiger partial charge in [-0.05, 0) is 19.1 Å². The van der Waals surface area contributed by atoms with E-state index in [1.807, 2.05) is 13.0 Å². The van der Waals surface area contributed by atoms with E-state index in [9.17, 15) is 4.79 Å². The molecule has 0 aliphatic carbocycles. The van der Waals surface area contributed by atoms with E-state index in [0.29, 0.717) is 0 Å². The quantitative estimate of drug-likeness (QED) is 0.586. The SMILES string of the molecule is Cc1cc2cc[nH]c(=O)n2n1. The monoisotopic (exact) mass is 149 g/mol. The zero-order valence-electron chi connectivity index (χ0n) is 6.03. The molecule has 2 heterocycles. The Hall–Kier alpha value is -1.58. The molecule has 2 rings (SSSR count). The zero-order valence-corrected chi connectivity index (χ0v) is 6.03. The van der Waals surface area contributed by atoms with Gasteiger partial charge in [0, 0.05) is 6.20 Å². The van der Waals surface area contributed by atoms with Crippen molar-refractivity contribution in [2.75, 3.05) is 0 Å². The maximum Gasteiger partial charge on any atom is 0.346 e. The van der Waals surface area contributed by atoms with Crippen molar-refractivity contribution in [3.8, 4) is 0 Å². The van der Waals surface area contributed by atoms with E-state index in [-0.39, 0.29) is 5.69 Å². The highest BCUT2D eigenvalue weighted by atomic mass is 16.1. The molecule has 0 aliphatic rings. The van der Waals surface area contributed by atoms with Crippen molar-refractivity contribution in [2.24, 2.45) is 0 Å². The second kappa shape index (κ2) is 1.95. The Morgan fingerprint density at radius 3 is 3.18 bits per heavy atom. The van der Waals surface area contributed by atoms with Crippen molar-refractivity contribution in [3.05, 3.63) is 34.5 Å². The minimum atomic E-state index is -0.199. The molecule has 56 valence electrons. The van der Waals surface area contributed by atoms with Crippen molar-refractivity contribution in [1.82, 2.24) is 14.6 Å². The van der Waals surface area contributed by atoms with E-state index in [2.05, 4.69) is 10.1 Å². The van der Waals surface area contributed by atoms with Crippen LogP contribution in [0.2, 0.25) is 0 Å². The molecule has 0 amide bonds. The van der Waals surface area contributed by atoms with Gasteiger partial charge in [-0.15, -0.1) is 0 Å². The minimum Gasteiger partial charge on any atom is -0.313 e. The Morgan fingerprint density at radius 1 is 1.64 bits per heavy atom. The van der Waals surface area contributed by atoms with E-state index in [0.717, 1.165) is 11.2 Å². The third-order valence-electron chi connectivity index (χ3n) is 1.51. The molecule has 0 atom stereocenters. The van der Waals surface area contributed by atoms with Crippen molar-refractivity contribution in [2.45, 2.75) is 6.92 Å². The van der Waals surface area contributed by atoms with E-state index in [4.69, 9.17) is 0 Å². The van der Waals surface area contributed by atoms with Gasteiger partial charge in [0.1, 0.15) is 0 Å². The summed E-state index contributed by atoms with van der Waals surface area (Å²) in [4.78, 5) is 13.6. The first-order valence-corrected chi connectivity index (χ1v) is 3.31. The van der Waals surface area contributed by atoms with Gasteiger partial charge in [-0.1, -0.05) is 0 Å². The van der Waals surface area contributed by atoms with Crippen LogP contribution in [0.25, 0.3) is 5.52 Å². The normalized spacial score (nSPS) is 10.6. The summed E-state index contributed by atoms with van der Waals surface area (Å²) in [6, 6.07) is 3.66. The molecule has 0 spiro atoms. The first-order valence-electron chi connectivity index (χ1n) is 3.31. The molecule has 2 aromatic rings. The number of aromatic amines is 1. The Bertz CT molecular complexity index is 440. The average Bonchev–Trinajstić information content (AvgIpc) is 2.31. The fraction of sp³-hybridized carbons (Fsp3) is 0.143. The summed E-state index contributed by atoms with van der Waals surface area (Å²) >= 11 is 0. The summed E-state index contributed by atoms with van der Waals surface area (Å²) < 4.78 is 1.34. The van der Waals surface area contributed by atoms with Crippen LogP contribution in [0.15, 0.2) is 23.1 Å². The van der Waals surface area contributed by atoms with Crippen molar-refractivity contribution >= 4 is 5.52 Å². The third kappa shape index (κ3) is 0.832. The smallest absolute Gasteiger partial charge is 0.313 e. The molecule has 0 aliphatic heterocycles. The van der Waals surface area contributed by atoms with Gasteiger partial charge >= 0.3 is 5.69 Å². The summed E-state index contributed by atoms with van der Waals surface area (Å²) in [5.41, 5.74) is 1.48. The predicted molar refractivity (Wildman–Crippen MR) is 40.5 cm³/mol. The summed E-state index contributed by atoms with van der Waals surface area (Å²) in [5, 5.41) is 3.99. The predicted octanol–water partition coefficient (Wildman–Crippen LogP) is 0.331. The molecule has 0 saturated carbocycles. The van der Waals surface area contributed by atoms with Gasteiger partial charge in [0.05, 0.1) is 11.2 Å². The second-order valence-electron chi connectivity index (χ2n) is 2.41. The molecule has 4 heteroatoms. The summed E-state index contributed by atoms with van der Waals surface area (Å²) in [5.74, 6) is 0. The summed E-state index contributed by atoms with van der Waals surface area (Å²) in [6.45, 7) is 1.85.